The Balaban J connectivity index is 2.89. The van der Waals surface area contributed by atoms with Crippen molar-refractivity contribution in [3.05, 3.63) is 24.3 Å². The van der Waals surface area contributed by atoms with Gasteiger partial charge in [-0.05, 0) is 13.3 Å². The van der Waals surface area contributed by atoms with Crippen LogP contribution in [0.5, 0.6) is 0 Å². The highest BCUT2D eigenvalue weighted by molar-refractivity contribution is 5.05. The molecule has 0 saturated carbocycles. The minimum atomic E-state index is -0.744. The number of hydrogen-bond donors (Lipinski definition) is 1. The number of nitrogens with zero attached hydrogens (tertiary/aromatic N) is 2. The molecule has 1 aromatic rings. The molecule has 1 heterocycles. The smallest absolute Gasteiger partial charge is 0.126 e. The molecule has 0 aliphatic heterocycles. The van der Waals surface area contributed by atoms with Crippen LogP contribution in [0.4, 0.5) is 0 Å². The monoisotopic (exact) mass is 196 g/mol. The van der Waals surface area contributed by atoms with Crippen LogP contribution in [0.2, 0.25) is 0 Å². The zero-order chi connectivity index (χ0) is 10.6. The van der Waals surface area contributed by atoms with Gasteiger partial charge in [-0.1, -0.05) is 6.92 Å². The Kier molecular flexibility index (Phi) is 3.55. The van der Waals surface area contributed by atoms with Gasteiger partial charge in [0.1, 0.15) is 6.10 Å². The number of ether oxygens (including phenoxy) is 1. The van der Waals surface area contributed by atoms with E-state index in [1.807, 2.05) is 13.8 Å². The number of aromatic nitrogens is 2. The highest BCUT2D eigenvalue weighted by atomic mass is 16.5. The highest BCUT2D eigenvalue weighted by Gasteiger charge is 2.33. The van der Waals surface area contributed by atoms with Gasteiger partial charge in [0, 0.05) is 19.5 Å². The first-order valence-electron chi connectivity index (χ1n) is 4.63. The maximum absolute atomic E-state index is 10.0. The maximum atomic E-state index is 10.0. The molecule has 0 spiro atoms. The lowest BCUT2D eigenvalue weighted by Gasteiger charge is -2.31. The molecule has 1 N–H and O–H groups in total. The lowest BCUT2D eigenvalue weighted by molar-refractivity contribution is -0.0961. The molecule has 0 fully saturated rings. The topological polar surface area (TPSA) is 55.2 Å². The number of hydrogen-bond acceptors (Lipinski definition) is 4. The quantitative estimate of drug-likeness (QED) is 0.789. The predicted octanol–water partition coefficient (Wildman–Crippen LogP) is 1.33. The fourth-order valence-corrected chi connectivity index (χ4v) is 1.21. The van der Waals surface area contributed by atoms with Crippen molar-refractivity contribution in [1.82, 2.24) is 9.97 Å². The first kappa shape index (κ1) is 11.1. The van der Waals surface area contributed by atoms with Gasteiger partial charge >= 0.3 is 0 Å². The molecule has 4 heteroatoms. The molecule has 2 unspecified atom stereocenters. The number of methoxy groups -OCH3 is 1. The molecule has 0 aromatic carbocycles. The van der Waals surface area contributed by atoms with E-state index in [9.17, 15) is 5.11 Å². The third kappa shape index (κ3) is 2.08. The van der Waals surface area contributed by atoms with Crippen molar-refractivity contribution in [3.63, 3.8) is 0 Å². The third-order valence-corrected chi connectivity index (χ3v) is 2.61. The van der Waals surface area contributed by atoms with Crippen molar-refractivity contribution < 1.29 is 9.84 Å². The van der Waals surface area contributed by atoms with E-state index in [1.54, 1.807) is 25.7 Å². The van der Waals surface area contributed by atoms with E-state index in [0.717, 1.165) is 0 Å². The Labute approximate surface area is 84.0 Å². The first-order valence-corrected chi connectivity index (χ1v) is 4.63. The van der Waals surface area contributed by atoms with E-state index in [-0.39, 0.29) is 0 Å². The lowest BCUT2D eigenvalue weighted by atomic mass is 9.93. The Morgan fingerprint density at radius 3 is 2.71 bits per heavy atom. The van der Waals surface area contributed by atoms with Crippen molar-refractivity contribution in [2.24, 2.45) is 0 Å². The summed E-state index contributed by atoms with van der Waals surface area (Å²) in [6, 6.07) is 0. The van der Waals surface area contributed by atoms with Gasteiger partial charge in [0.2, 0.25) is 0 Å². The molecule has 0 aliphatic rings. The molecule has 14 heavy (non-hydrogen) atoms. The summed E-state index contributed by atoms with van der Waals surface area (Å²) in [5.74, 6) is 0. The van der Waals surface area contributed by atoms with Gasteiger partial charge in [0.15, 0.2) is 0 Å². The van der Waals surface area contributed by atoms with E-state index < -0.39 is 11.7 Å². The molecule has 0 aliphatic carbocycles. The van der Waals surface area contributed by atoms with Crippen LogP contribution in [0.1, 0.15) is 32.1 Å². The summed E-state index contributed by atoms with van der Waals surface area (Å²) in [5.41, 5.74) is -0.0607. The molecule has 0 saturated heterocycles. The van der Waals surface area contributed by atoms with Crippen molar-refractivity contribution in [2.45, 2.75) is 32.0 Å². The fraction of sp³-hybridized carbons (Fsp3) is 0.600. The molecule has 1 rings (SSSR count). The summed E-state index contributed by atoms with van der Waals surface area (Å²) in [6.07, 6.45) is 4.65. The zero-order valence-corrected chi connectivity index (χ0v) is 8.77. The fourth-order valence-electron chi connectivity index (χ4n) is 1.21. The molecule has 78 valence electrons. The van der Waals surface area contributed by atoms with Gasteiger partial charge in [-0.15, -0.1) is 0 Å². The SMILES string of the molecule is CCC(C)(OC)C(O)c1cnccn1. The van der Waals surface area contributed by atoms with Crippen LogP contribution in [0, 0.1) is 0 Å². The molecule has 1 aromatic heterocycles. The second-order valence-electron chi connectivity index (χ2n) is 3.40. The molecule has 4 nitrogen and oxygen atoms in total. The normalized spacial score (nSPS) is 17.4. The first-order chi connectivity index (χ1) is 6.64. The molecule has 0 amide bonds. The van der Waals surface area contributed by atoms with Gasteiger partial charge in [-0.25, -0.2) is 0 Å². The predicted molar refractivity (Wildman–Crippen MR) is 52.7 cm³/mol. The van der Waals surface area contributed by atoms with E-state index in [4.69, 9.17) is 4.74 Å². The van der Waals surface area contributed by atoms with Crippen LogP contribution in [0.15, 0.2) is 18.6 Å². The van der Waals surface area contributed by atoms with Crippen LogP contribution in [-0.4, -0.2) is 27.8 Å². The summed E-state index contributed by atoms with van der Waals surface area (Å²) < 4.78 is 5.29. The third-order valence-electron chi connectivity index (χ3n) is 2.61. The molecule has 0 bridgehead atoms. The van der Waals surface area contributed by atoms with Gasteiger partial charge in [-0.3, -0.25) is 9.97 Å². The van der Waals surface area contributed by atoms with Gasteiger partial charge in [0.25, 0.3) is 0 Å². The zero-order valence-electron chi connectivity index (χ0n) is 8.77. The summed E-state index contributed by atoms with van der Waals surface area (Å²) in [5, 5.41) is 10.0. The van der Waals surface area contributed by atoms with Crippen LogP contribution < -0.4 is 0 Å². The minimum absolute atomic E-state index is 0.540. The Morgan fingerprint density at radius 2 is 2.29 bits per heavy atom. The second-order valence-corrected chi connectivity index (χ2v) is 3.40. The summed E-state index contributed by atoms with van der Waals surface area (Å²) in [7, 11) is 1.59. The van der Waals surface area contributed by atoms with Crippen molar-refractivity contribution in [2.75, 3.05) is 7.11 Å². The Bertz CT molecular complexity index is 273. The van der Waals surface area contributed by atoms with Gasteiger partial charge in [0.05, 0.1) is 17.5 Å². The van der Waals surface area contributed by atoms with Crippen LogP contribution in [-0.2, 0) is 4.74 Å². The molecule has 0 radical (unpaired) electrons. The van der Waals surface area contributed by atoms with E-state index in [2.05, 4.69) is 9.97 Å². The van der Waals surface area contributed by atoms with Crippen LogP contribution in [0.25, 0.3) is 0 Å². The second kappa shape index (κ2) is 4.48. The van der Waals surface area contributed by atoms with Gasteiger partial charge in [-0.2, -0.15) is 0 Å². The average molecular weight is 196 g/mol. The number of aliphatic hydroxyl groups is 1. The summed E-state index contributed by atoms with van der Waals surface area (Å²) >= 11 is 0. The maximum Gasteiger partial charge on any atom is 0.126 e. The Morgan fingerprint density at radius 1 is 1.57 bits per heavy atom. The van der Waals surface area contributed by atoms with Crippen molar-refractivity contribution >= 4 is 0 Å². The Hall–Kier alpha value is -1.00. The molecular weight excluding hydrogens is 180 g/mol. The van der Waals surface area contributed by atoms with E-state index in [0.29, 0.717) is 12.1 Å². The molecule has 2 atom stereocenters. The summed E-state index contributed by atoms with van der Waals surface area (Å²) in [6.45, 7) is 3.81. The van der Waals surface area contributed by atoms with Crippen LogP contribution in [0.3, 0.4) is 0 Å². The number of rotatable bonds is 4. The van der Waals surface area contributed by atoms with E-state index in [1.165, 1.54) is 0 Å². The average Bonchev–Trinajstić information content (AvgIpc) is 2.28. The standard InChI is InChI=1S/C10H16N2O2/c1-4-10(2,14-3)9(13)8-7-11-5-6-12-8/h5-7,9,13H,4H2,1-3H3. The van der Waals surface area contributed by atoms with E-state index >= 15 is 0 Å². The summed E-state index contributed by atoms with van der Waals surface area (Å²) in [4.78, 5) is 7.96. The van der Waals surface area contributed by atoms with Crippen molar-refractivity contribution in [1.29, 1.82) is 0 Å². The van der Waals surface area contributed by atoms with Gasteiger partial charge < -0.3 is 9.84 Å². The largest absolute Gasteiger partial charge is 0.384 e. The number of aliphatic hydroxyl groups excluding tert-OH is 1. The van der Waals surface area contributed by atoms with Crippen molar-refractivity contribution in [3.8, 4) is 0 Å². The lowest BCUT2D eigenvalue weighted by Crippen LogP contribution is -2.34. The minimum Gasteiger partial charge on any atom is -0.384 e. The molecular formula is C10H16N2O2. The van der Waals surface area contributed by atoms with Crippen LogP contribution >= 0.6 is 0 Å². The highest BCUT2D eigenvalue weighted by Crippen LogP contribution is 2.29.